The molecule has 3 amide bonds. The Hall–Kier alpha value is -2.94. The number of fused-ring (bicyclic) bond motifs is 1. The Balaban J connectivity index is 1.55. The molecule has 0 spiro atoms. The Labute approximate surface area is 154 Å². The maximum absolute atomic E-state index is 12.1. The van der Waals surface area contributed by atoms with Gasteiger partial charge < -0.3 is 20.0 Å². The fourth-order valence-corrected chi connectivity index (χ4v) is 3.09. The molecule has 2 aromatic rings. The van der Waals surface area contributed by atoms with Crippen LogP contribution in [-0.2, 0) is 4.79 Å². The minimum atomic E-state index is -0.665. The van der Waals surface area contributed by atoms with Crippen molar-refractivity contribution in [2.45, 2.75) is 17.2 Å². The SMILES string of the molecule is C[C@@H](Sc1cccc[n+]1[O-])C(=O)NC(=O)Nc1ccc2c(c1)OCCO2. The molecule has 0 radical (unpaired) electrons. The van der Waals surface area contributed by atoms with Gasteiger partial charge in [-0.15, -0.1) is 0 Å². The first-order valence-corrected chi connectivity index (χ1v) is 8.77. The first-order chi connectivity index (χ1) is 12.5. The minimum absolute atomic E-state index is 0.377. The van der Waals surface area contributed by atoms with Crippen LogP contribution in [0.4, 0.5) is 10.5 Å². The van der Waals surface area contributed by atoms with Crippen LogP contribution in [0.15, 0.2) is 47.6 Å². The zero-order valence-electron chi connectivity index (χ0n) is 13.9. The highest BCUT2D eigenvalue weighted by atomic mass is 32.2. The number of carbonyl (C=O) groups excluding carboxylic acids is 2. The Bertz CT molecular complexity index is 830. The number of carbonyl (C=O) groups is 2. The quantitative estimate of drug-likeness (QED) is 0.481. The Kier molecular flexibility index (Phi) is 5.47. The van der Waals surface area contributed by atoms with Crippen LogP contribution in [0.25, 0.3) is 0 Å². The fraction of sp³-hybridized carbons (Fsp3) is 0.235. The summed E-state index contributed by atoms with van der Waals surface area (Å²) < 4.78 is 11.5. The number of nitrogens with zero attached hydrogens (tertiary/aromatic N) is 1. The van der Waals surface area contributed by atoms with Gasteiger partial charge >= 0.3 is 6.03 Å². The number of rotatable bonds is 4. The topological polar surface area (TPSA) is 104 Å². The second-order valence-electron chi connectivity index (χ2n) is 5.43. The summed E-state index contributed by atoms with van der Waals surface area (Å²) in [4.78, 5) is 24.2. The van der Waals surface area contributed by atoms with Crippen LogP contribution in [0.3, 0.4) is 0 Å². The number of hydrogen-bond donors (Lipinski definition) is 2. The van der Waals surface area contributed by atoms with Crippen LogP contribution in [0, 0.1) is 5.21 Å². The number of ether oxygens (including phenoxy) is 2. The van der Waals surface area contributed by atoms with Crippen LogP contribution in [-0.4, -0.2) is 30.4 Å². The molecule has 26 heavy (non-hydrogen) atoms. The molecule has 0 fully saturated rings. The highest BCUT2D eigenvalue weighted by Crippen LogP contribution is 2.32. The zero-order chi connectivity index (χ0) is 18.5. The number of nitrogens with one attached hydrogen (secondary N) is 2. The lowest BCUT2D eigenvalue weighted by Crippen LogP contribution is -2.39. The van der Waals surface area contributed by atoms with Crippen molar-refractivity contribution >= 4 is 29.4 Å². The van der Waals surface area contributed by atoms with Crippen LogP contribution < -0.4 is 24.8 Å². The molecule has 0 unspecified atom stereocenters. The van der Waals surface area contributed by atoms with Gasteiger partial charge in [0, 0.05) is 23.9 Å². The lowest BCUT2D eigenvalue weighted by Gasteiger charge is -2.19. The Morgan fingerprint density at radius 1 is 1.19 bits per heavy atom. The van der Waals surface area contributed by atoms with Gasteiger partial charge in [0.05, 0.1) is 5.25 Å². The number of anilines is 1. The van der Waals surface area contributed by atoms with Crippen LogP contribution in [0.5, 0.6) is 11.5 Å². The monoisotopic (exact) mass is 375 g/mol. The van der Waals surface area contributed by atoms with Crippen molar-refractivity contribution in [2.24, 2.45) is 0 Å². The molecule has 2 heterocycles. The molecule has 9 heteroatoms. The van der Waals surface area contributed by atoms with Crippen molar-refractivity contribution in [3.63, 3.8) is 0 Å². The lowest BCUT2D eigenvalue weighted by atomic mass is 10.2. The number of thioether (sulfide) groups is 1. The summed E-state index contributed by atoms with van der Waals surface area (Å²) in [5, 5.41) is 16.2. The molecule has 3 rings (SSSR count). The number of urea groups is 1. The number of imide groups is 1. The molecule has 2 N–H and O–H groups in total. The smallest absolute Gasteiger partial charge is 0.325 e. The molecule has 0 bridgehead atoms. The summed E-state index contributed by atoms with van der Waals surface area (Å²) in [6.07, 6.45) is 1.35. The predicted octanol–water partition coefficient (Wildman–Crippen LogP) is 1.92. The van der Waals surface area contributed by atoms with E-state index < -0.39 is 17.2 Å². The standard InChI is InChI=1S/C17H17N3O5S/c1-11(26-15-4-2-3-7-20(15)23)16(21)19-17(22)18-12-5-6-13-14(10-12)25-9-8-24-13/h2-7,10-11H,8-9H2,1H3,(H2,18,19,21,22)/t11-/m1/s1. The predicted molar refractivity (Wildman–Crippen MR) is 95.3 cm³/mol. The second-order valence-corrected chi connectivity index (χ2v) is 6.79. The van der Waals surface area contributed by atoms with Gasteiger partial charge in [-0.25, -0.2) is 4.79 Å². The lowest BCUT2D eigenvalue weighted by molar-refractivity contribution is -0.645. The summed E-state index contributed by atoms with van der Waals surface area (Å²) in [5.41, 5.74) is 0.473. The zero-order valence-corrected chi connectivity index (χ0v) is 14.7. The third-order valence-electron chi connectivity index (χ3n) is 3.49. The molecule has 0 aliphatic carbocycles. The number of hydrogen-bond acceptors (Lipinski definition) is 6. The van der Waals surface area contributed by atoms with Gasteiger partial charge in [-0.05, 0) is 36.9 Å². The molecule has 0 saturated carbocycles. The molecule has 1 aromatic heterocycles. The molecule has 1 atom stereocenters. The maximum Gasteiger partial charge on any atom is 0.325 e. The molecule has 0 saturated heterocycles. The highest BCUT2D eigenvalue weighted by molar-refractivity contribution is 8.00. The fourth-order valence-electron chi connectivity index (χ4n) is 2.24. The number of amides is 3. The molecule has 1 aliphatic rings. The van der Waals surface area contributed by atoms with Crippen molar-refractivity contribution < 1.29 is 23.8 Å². The average Bonchev–Trinajstić information content (AvgIpc) is 2.63. The number of aromatic nitrogens is 1. The minimum Gasteiger partial charge on any atom is -0.618 e. The van der Waals surface area contributed by atoms with Gasteiger partial charge in [-0.1, -0.05) is 0 Å². The van der Waals surface area contributed by atoms with Crippen LogP contribution >= 0.6 is 11.8 Å². The van der Waals surface area contributed by atoms with E-state index in [-0.39, 0.29) is 0 Å². The van der Waals surface area contributed by atoms with Crippen LogP contribution in [0.1, 0.15) is 6.92 Å². The molecule has 136 valence electrons. The third-order valence-corrected chi connectivity index (χ3v) is 4.62. The first-order valence-electron chi connectivity index (χ1n) is 7.89. The van der Waals surface area contributed by atoms with Crippen molar-refractivity contribution in [3.8, 4) is 11.5 Å². The van der Waals surface area contributed by atoms with E-state index in [0.29, 0.717) is 40.2 Å². The second kappa shape index (κ2) is 7.96. The summed E-state index contributed by atoms with van der Waals surface area (Å²) in [6, 6.07) is 9.21. The Morgan fingerprint density at radius 3 is 2.73 bits per heavy atom. The molecule has 8 nitrogen and oxygen atoms in total. The summed E-state index contributed by atoms with van der Waals surface area (Å²) in [7, 11) is 0. The van der Waals surface area contributed by atoms with E-state index in [1.165, 1.54) is 6.20 Å². The Morgan fingerprint density at radius 2 is 1.96 bits per heavy atom. The summed E-state index contributed by atoms with van der Waals surface area (Å²) in [5.74, 6) is 0.638. The van der Waals surface area contributed by atoms with E-state index in [1.807, 2.05) is 0 Å². The highest BCUT2D eigenvalue weighted by Gasteiger charge is 2.21. The summed E-state index contributed by atoms with van der Waals surface area (Å²) >= 11 is 1.07. The van der Waals surface area contributed by atoms with Crippen molar-refractivity contribution in [3.05, 3.63) is 47.8 Å². The largest absolute Gasteiger partial charge is 0.618 e. The van der Waals surface area contributed by atoms with Gasteiger partial charge in [0.1, 0.15) is 13.2 Å². The van der Waals surface area contributed by atoms with Crippen molar-refractivity contribution in [2.75, 3.05) is 18.5 Å². The average molecular weight is 375 g/mol. The van der Waals surface area contributed by atoms with Gasteiger partial charge in [0.25, 0.3) is 5.03 Å². The number of benzene rings is 1. The van der Waals surface area contributed by atoms with Gasteiger partial charge in [0.15, 0.2) is 17.7 Å². The molecule has 1 aliphatic heterocycles. The van der Waals surface area contributed by atoms with E-state index >= 15 is 0 Å². The van der Waals surface area contributed by atoms with Crippen LogP contribution in [0.2, 0.25) is 0 Å². The summed E-state index contributed by atoms with van der Waals surface area (Å²) in [6.45, 7) is 2.54. The molecular formula is C17H17N3O5S. The number of pyridine rings is 1. The van der Waals surface area contributed by atoms with E-state index in [1.54, 1.807) is 43.3 Å². The van der Waals surface area contributed by atoms with Gasteiger partial charge in [-0.3, -0.25) is 10.1 Å². The molecular weight excluding hydrogens is 358 g/mol. The van der Waals surface area contributed by atoms with Crippen molar-refractivity contribution in [1.82, 2.24) is 5.32 Å². The van der Waals surface area contributed by atoms with E-state index in [2.05, 4.69) is 10.6 Å². The third kappa shape index (κ3) is 4.37. The van der Waals surface area contributed by atoms with E-state index in [9.17, 15) is 14.8 Å². The molecule has 1 aromatic carbocycles. The van der Waals surface area contributed by atoms with E-state index in [0.717, 1.165) is 11.8 Å². The van der Waals surface area contributed by atoms with Gasteiger partial charge in [-0.2, -0.15) is 4.73 Å². The first kappa shape index (κ1) is 17.9. The maximum atomic E-state index is 12.1. The van der Waals surface area contributed by atoms with Crippen molar-refractivity contribution in [1.29, 1.82) is 0 Å². The van der Waals surface area contributed by atoms with Gasteiger partial charge in [0.2, 0.25) is 5.91 Å². The van der Waals surface area contributed by atoms with E-state index in [4.69, 9.17) is 9.47 Å². The normalized spacial score (nSPS) is 13.6.